The van der Waals surface area contributed by atoms with Crippen LogP contribution in [0.2, 0.25) is 0 Å². The minimum absolute atomic E-state index is 0.173. The first-order chi connectivity index (χ1) is 10.7. The summed E-state index contributed by atoms with van der Waals surface area (Å²) in [6.07, 6.45) is 3.39. The molecule has 3 heterocycles. The molecule has 22 heavy (non-hydrogen) atoms. The fraction of sp³-hybridized carbons (Fsp3) is 0. The van der Waals surface area contributed by atoms with Gasteiger partial charge in [-0.25, -0.2) is 0 Å². The summed E-state index contributed by atoms with van der Waals surface area (Å²) in [5.74, 6) is 0.970. The van der Waals surface area contributed by atoms with Crippen molar-refractivity contribution in [1.82, 2.24) is 14.6 Å². The van der Waals surface area contributed by atoms with Crippen molar-refractivity contribution in [2.45, 2.75) is 0 Å². The molecule has 0 amide bonds. The fourth-order valence-corrected chi connectivity index (χ4v) is 3.23. The molecule has 0 N–H and O–H groups in total. The number of fused-ring (bicyclic) bond motifs is 1. The second-order valence-electron chi connectivity index (χ2n) is 4.57. The van der Waals surface area contributed by atoms with Crippen LogP contribution in [0.5, 0.6) is 0 Å². The molecule has 0 aliphatic rings. The number of hydrogen-bond acceptors (Lipinski definition) is 5. The molecule has 0 fully saturated rings. The Kier molecular flexibility index (Phi) is 3.16. The monoisotopic (exact) mass is 373 g/mol. The van der Waals surface area contributed by atoms with E-state index in [4.69, 9.17) is 4.42 Å². The van der Waals surface area contributed by atoms with Gasteiger partial charge >= 0.3 is 0 Å². The van der Waals surface area contributed by atoms with Crippen LogP contribution in [0, 0.1) is 0 Å². The second kappa shape index (κ2) is 5.19. The van der Waals surface area contributed by atoms with E-state index in [1.165, 1.54) is 15.9 Å². The first kappa shape index (κ1) is 13.4. The Labute approximate surface area is 136 Å². The van der Waals surface area contributed by atoms with E-state index < -0.39 is 0 Å². The average molecular weight is 374 g/mol. The molecule has 4 aromatic rings. The average Bonchev–Trinajstić information content (AvgIpc) is 3.20. The smallest absolute Gasteiger partial charge is 0.291 e. The highest BCUT2D eigenvalue weighted by Crippen LogP contribution is 2.16. The molecule has 0 bridgehead atoms. The fourth-order valence-electron chi connectivity index (χ4n) is 2.05. The van der Waals surface area contributed by atoms with Crippen molar-refractivity contribution in [3.63, 3.8) is 0 Å². The first-order valence-electron chi connectivity index (χ1n) is 6.41. The first-order valence-corrected chi connectivity index (χ1v) is 8.02. The van der Waals surface area contributed by atoms with Crippen molar-refractivity contribution < 1.29 is 4.42 Å². The number of aromatic nitrogens is 3. The van der Waals surface area contributed by atoms with Crippen molar-refractivity contribution in [3.05, 3.63) is 67.6 Å². The summed E-state index contributed by atoms with van der Waals surface area (Å²) in [5, 5.41) is 4.21. The van der Waals surface area contributed by atoms with Gasteiger partial charge in [0.25, 0.3) is 5.56 Å². The maximum Gasteiger partial charge on any atom is 0.291 e. The van der Waals surface area contributed by atoms with Crippen LogP contribution in [-0.2, 0) is 0 Å². The Bertz CT molecular complexity index is 1050. The number of halogens is 1. The lowest BCUT2D eigenvalue weighted by Gasteiger charge is -1.91. The topological polar surface area (TPSA) is 60.4 Å². The molecule has 0 unspecified atom stereocenters. The van der Waals surface area contributed by atoms with Gasteiger partial charge in [0.1, 0.15) is 0 Å². The van der Waals surface area contributed by atoms with Crippen LogP contribution in [0.3, 0.4) is 0 Å². The number of rotatable bonds is 2. The number of benzene rings is 1. The van der Waals surface area contributed by atoms with Crippen LogP contribution in [0.1, 0.15) is 5.56 Å². The maximum atomic E-state index is 12.4. The normalized spacial score (nSPS) is 12.3. The Morgan fingerprint density at radius 3 is 2.73 bits per heavy atom. The van der Waals surface area contributed by atoms with E-state index in [1.807, 2.05) is 30.3 Å². The standard InChI is InChI=1S/C15H8BrN3O2S/c16-10-5-3-9(4-6-10)8-12-14(20)19-15(22-12)17-13(18-19)11-2-1-7-21-11/h1-8H/b12-8-. The highest BCUT2D eigenvalue weighted by molar-refractivity contribution is 9.10. The van der Waals surface area contributed by atoms with Gasteiger partial charge in [-0.3, -0.25) is 4.79 Å². The van der Waals surface area contributed by atoms with Gasteiger partial charge in [-0.05, 0) is 35.9 Å². The Morgan fingerprint density at radius 1 is 1.23 bits per heavy atom. The van der Waals surface area contributed by atoms with Crippen molar-refractivity contribution in [1.29, 1.82) is 0 Å². The van der Waals surface area contributed by atoms with Crippen molar-refractivity contribution in [2.24, 2.45) is 0 Å². The molecule has 0 spiro atoms. The number of furan rings is 1. The minimum atomic E-state index is -0.173. The molecule has 0 aliphatic heterocycles. The van der Waals surface area contributed by atoms with Crippen LogP contribution in [0.15, 0.2) is 56.3 Å². The van der Waals surface area contributed by atoms with Crippen LogP contribution in [0.25, 0.3) is 22.6 Å². The highest BCUT2D eigenvalue weighted by Gasteiger charge is 2.13. The highest BCUT2D eigenvalue weighted by atomic mass is 79.9. The summed E-state index contributed by atoms with van der Waals surface area (Å²) in [6.45, 7) is 0. The van der Waals surface area contributed by atoms with E-state index in [0.29, 0.717) is 21.1 Å². The summed E-state index contributed by atoms with van der Waals surface area (Å²) < 4.78 is 8.16. The molecule has 5 nitrogen and oxygen atoms in total. The summed E-state index contributed by atoms with van der Waals surface area (Å²) in [5.41, 5.74) is 0.782. The van der Waals surface area contributed by atoms with Crippen LogP contribution in [-0.4, -0.2) is 14.6 Å². The van der Waals surface area contributed by atoms with Crippen LogP contribution < -0.4 is 10.1 Å². The molecular formula is C15H8BrN3O2S. The van der Waals surface area contributed by atoms with E-state index >= 15 is 0 Å². The Morgan fingerprint density at radius 2 is 2.05 bits per heavy atom. The number of hydrogen-bond donors (Lipinski definition) is 0. The summed E-state index contributed by atoms with van der Waals surface area (Å²) in [7, 11) is 0. The minimum Gasteiger partial charge on any atom is -0.461 e. The van der Waals surface area contributed by atoms with Crippen LogP contribution in [0.4, 0.5) is 0 Å². The molecule has 0 atom stereocenters. The predicted octanol–water partition coefficient (Wildman–Crippen LogP) is 2.72. The van der Waals surface area contributed by atoms with Gasteiger partial charge < -0.3 is 4.42 Å². The Hall–Kier alpha value is -2.25. The molecule has 0 aliphatic carbocycles. The van der Waals surface area contributed by atoms with Gasteiger partial charge in [0, 0.05) is 4.47 Å². The molecule has 4 rings (SSSR count). The van der Waals surface area contributed by atoms with Gasteiger partial charge in [0.05, 0.1) is 10.8 Å². The molecule has 7 heteroatoms. The van der Waals surface area contributed by atoms with E-state index in [2.05, 4.69) is 26.0 Å². The van der Waals surface area contributed by atoms with Crippen LogP contribution >= 0.6 is 27.3 Å². The van der Waals surface area contributed by atoms with Gasteiger partial charge in [-0.15, -0.1) is 5.10 Å². The van der Waals surface area contributed by atoms with Crippen molar-refractivity contribution in [3.8, 4) is 11.6 Å². The van der Waals surface area contributed by atoms with E-state index in [9.17, 15) is 4.79 Å². The zero-order chi connectivity index (χ0) is 15.1. The van der Waals surface area contributed by atoms with E-state index in [1.54, 1.807) is 18.4 Å². The maximum absolute atomic E-state index is 12.4. The largest absolute Gasteiger partial charge is 0.461 e. The number of nitrogens with zero attached hydrogens (tertiary/aromatic N) is 3. The lowest BCUT2D eigenvalue weighted by atomic mass is 10.2. The molecule has 0 saturated carbocycles. The Balaban J connectivity index is 1.84. The van der Waals surface area contributed by atoms with Gasteiger partial charge in [0.2, 0.25) is 10.8 Å². The third-order valence-electron chi connectivity index (χ3n) is 3.09. The second-order valence-corrected chi connectivity index (χ2v) is 6.50. The summed E-state index contributed by atoms with van der Waals surface area (Å²) in [4.78, 5) is 17.3. The van der Waals surface area contributed by atoms with E-state index in [-0.39, 0.29) is 5.56 Å². The molecule has 0 saturated heterocycles. The zero-order valence-electron chi connectivity index (χ0n) is 11.1. The third kappa shape index (κ3) is 2.28. The van der Waals surface area contributed by atoms with Gasteiger partial charge in [-0.2, -0.15) is 9.50 Å². The quantitative estimate of drug-likeness (QED) is 0.541. The molecule has 1 aromatic carbocycles. The molecule has 108 valence electrons. The molecule has 0 radical (unpaired) electrons. The lowest BCUT2D eigenvalue weighted by molar-refractivity contribution is 0.577. The van der Waals surface area contributed by atoms with E-state index in [0.717, 1.165) is 10.0 Å². The zero-order valence-corrected chi connectivity index (χ0v) is 13.5. The van der Waals surface area contributed by atoms with Crippen molar-refractivity contribution >= 4 is 38.3 Å². The van der Waals surface area contributed by atoms with Crippen molar-refractivity contribution in [2.75, 3.05) is 0 Å². The summed E-state index contributed by atoms with van der Waals surface area (Å²) in [6, 6.07) is 11.3. The SMILES string of the molecule is O=c1/c(=C/c2ccc(Br)cc2)sc2nc(-c3ccco3)nn12. The predicted molar refractivity (Wildman–Crippen MR) is 87.8 cm³/mol. The lowest BCUT2D eigenvalue weighted by Crippen LogP contribution is -2.23. The third-order valence-corrected chi connectivity index (χ3v) is 4.58. The van der Waals surface area contributed by atoms with Gasteiger partial charge in [0.15, 0.2) is 5.76 Å². The number of thiazole rings is 1. The molecule has 3 aromatic heterocycles. The molecular weight excluding hydrogens is 366 g/mol. The summed E-state index contributed by atoms with van der Waals surface area (Å²) >= 11 is 4.70. The van der Waals surface area contributed by atoms with Gasteiger partial charge in [-0.1, -0.05) is 39.4 Å².